The van der Waals surface area contributed by atoms with Gasteiger partial charge >= 0.3 is 0 Å². The number of nitrogens with zero attached hydrogens (tertiary/aromatic N) is 1. The Morgan fingerprint density at radius 1 is 0.528 bits per heavy atom. The van der Waals surface area contributed by atoms with Gasteiger partial charge < -0.3 is 0 Å². The zero-order chi connectivity index (χ0) is 26.1. The lowest BCUT2D eigenvalue weighted by atomic mass is 9.92. The predicted molar refractivity (Wildman–Crippen MR) is 161 cm³/mol. The number of hydrogen-bond donors (Lipinski definition) is 1. The molecule has 0 saturated carbocycles. The van der Waals surface area contributed by atoms with Crippen LogP contribution < -0.4 is 4.57 Å². The van der Waals surface area contributed by atoms with Crippen molar-refractivity contribution in [2.45, 2.75) is 200 Å². The van der Waals surface area contributed by atoms with E-state index in [0.29, 0.717) is 12.0 Å². The fourth-order valence-electron chi connectivity index (χ4n) is 5.98. The third-order valence-corrected chi connectivity index (χ3v) is 8.37. The number of nitrogens with one attached hydrogen (secondary N) is 1. The summed E-state index contributed by atoms with van der Waals surface area (Å²) in [5, 5.41) is 0. The molecule has 0 bridgehead atoms. The lowest BCUT2D eigenvalue weighted by Crippen LogP contribution is -2.41. The average Bonchev–Trinajstić information content (AvgIpc) is 3.37. The van der Waals surface area contributed by atoms with Gasteiger partial charge in [-0.1, -0.05) is 162 Å². The van der Waals surface area contributed by atoms with E-state index in [1.807, 2.05) is 0 Å². The molecule has 1 rings (SSSR count). The quantitative estimate of drug-likeness (QED) is 0.0909. The average molecular weight is 504 g/mol. The maximum Gasteiger partial charge on any atom is 0.257 e. The lowest BCUT2D eigenvalue weighted by Gasteiger charge is -2.17. The van der Waals surface area contributed by atoms with E-state index >= 15 is 0 Å². The summed E-state index contributed by atoms with van der Waals surface area (Å²) in [6.45, 7) is 9.34. The number of imidazole rings is 1. The van der Waals surface area contributed by atoms with Crippen LogP contribution in [0.2, 0.25) is 0 Å². The van der Waals surface area contributed by atoms with Crippen LogP contribution in [0.4, 0.5) is 0 Å². The number of rotatable bonds is 27. The smallest absolute Gasteiger partial charge is 0.247 e. The highest BCUT2D eigenvalue weighted by Crippen LogP contribution is 2.27. The number of H-pyrrole nitrogens is 1. The minimum Gasteiger partial charge on any atom is -0.247 e. The van der Waals surface area contributed by atoms with Crippen LogP contribution in [0.3, 0.4) is 0 Å². The molecule has 0 radical (unpaired) electrons. The summed E-state index contributed by atoms with van der Waals surface area (Å²) in [4.78, 5) is 3.68. The molecular formula is C34H67N2+. The second-order valence-corrected chi connectivity index (χ2v) is 11.9. The van der Waals surface area contributed by atoms with Crippen molar-refractivity contribution in [1.82, 2.24) is 4.98 Å². The van der Waals surface area contributed by atoms with Gasteiger partial charge in [-0.25, -0.2) is 9.55 Å². The Bertz CT molecular complexity index is 563. The Morgan fingerprint density at radius 3 is 1.31 bits per heavy atom. The molecule has 2 unspecified atom stereocenters. The molecule has 1 heterocycles. The molecule has 0 aliphatic rings. The Morgan fingerprint density at radius 2 is 0.917 bits per heavy atom. The van der Waals surface area contributed by atoms with Crippen LogP contribution >= 0.6 is 0 Å². The molecule has 0 aliphatic carbocycles. The molecule has 0 aromatic carbocycles. The summed E-state index contributed by atoms with van der Waals surface area (Å²) in [6.07, 6.45) is 39.9. The van der Waals surface area contributed by atoms with Crippen LogP contribution in [0.5, 0.6) is 0 Å². The Labute approximate surface area is 227 Å². The van der Waals surface area contributed by atoms with Crippen LogP contribution in [-0.2, 0) is 0 Å². The molecule has 0 aliphatic heterocycles. The van der Waals surface area contributed by atoms with Gasteiger partial charge in [0.15, 0.2) is 0 Å². The van der Waals surface area contributed by atoms with E-state index in [4.69, 9.17) is 0 Å². The van der Waals surface area contributed by atoms with Crippen molar-refractivity contribution in [3.8, 4) is 0 Å². The molecule has 2 heteroatoms. The molecule has 0 amide bonds. The SMILES string of the molecule is CCCCCCCCCCCCCCCC(CCCCCCCCCC)c1[nH]cc[n+]1C(C)CCC. The zero-order valence-electron chi connectivity index (χ0n) is 25.4. The maximum atomic E-state index is 3.68. The highest BCUT2D eigenvalue weighted by Gasteiger charge is 2.25. The van der Waals surface area contributed by atoms with E-state index in [-0.39, 0.29) is 0 Å². The van der Waals surface area contributed by atoms with Crippen molar-refractivity contribution in [3.63, 3.8) is 0 Å². The zero-order valence-corrected chi connectivity index (χ0v) is 25.4. The van der Waals surface area contributed by atoms with Crippen molar-refractivity contribution in [1.29, 1.82) is 0 Å². The summed E-state index contributed by atoms with van der Waals surface area (Å²) in [7, 11) is 0. The minimum atomic E-state index is 0.615. The Hall–Kier alpha value is -0.790. The van der Waals surface area contributed by atoms with E-state index in [9.17, 15) is 0 Å². The number of hydrogen-bond acceptors (Lipinski definition) is 0. The van der Waals surface area contributed by atoms with Crippen LogP contribution in [0, 0.1) is 0 Å². The van der Waals surface area contributed by atoms with Gasteiger partial charge in [0.1, 0.15) is 12.4 Å². The summed E-state index contributed by atoms with van der Waals surface area (Å²) < 4.78 is 2.57. The van der Waals surface area contributed by atoms with Gasteiger partial charge in [0.2, 0.25) is 0 Å². The van der Waals surface area contributed by atoms with E-state index in [1.165, 1.54) is 166 Å². The van der Waals surface area contributed by atoms with Crippen molar-refractivity contribution >= 4 is 0 Å². The van der Waals surface area contributed by atoms with E-state index in [0.717, 1.165) is 0 Å². The van der Waals surface area contributed by atoms with Gasteiger partial charge in [-0.3, -0.25) is 0 Å². The fourth-order valence-corrected chi connectivity index (χ4v) is 5.98. The highest BCUT2D eigenvalue weighted by atomic mass is 15.1. The van der Waals surface area contributed by atoms with Gasteiger partial charge in [-0.15, -0.1) is 0 Å². The number of aromatic nitrogens is 2. The Balaban J connectivity index is 2.30. The monoisotopic (exact) mass is 504 g/mol. The third-order valence-electron chi connectivity index (χ3n) is 8.37. The lowest BCUT2D eigenvalue weighted by molar-refractivity contribution is -0.727. The fraction of sp³-hybridized carbons (Fsp3) is 0.912. The van der Waals surface area contributed by atoms with Crippen LogP contribution in [0.1, 0.15) is 206 Å². The van der Waals surface area contributed by atoms with Gasteiger partial charge in [0.05, 0.1) is 12.0 Å². The molecule has 1 N–H and O–H groups in total. The van der Waals surface area contributed by atoms with E-state index in [2.05, 4.69) is 49.6 Å². The molecular weight excluding hydrogens is 436 g/mol. The van der Waals surface area contributed by atoms with Crippen molar-refractivity contribution in [2.75, 3.05) is 0 Å². The molecule has 0 fully saturated rings. The van der Waals surface area contributed by atoms with Crippen molar-refractivity contribution in [2.24, 2.45) is 0 Å². The van der Waals surface area contributed by atoms with Gasteiger partial charge in [0.25, 0.3) is 5.82 Å². The molecule has 1 aromatic heterocycles. The van der Waals surface area contributed by atoms with Gasteiger partial charge in [-0.05, 0) is 26.2 Å². The van der Waals surface area contributed by atoms with E-state index in [1.54, 1.807) is 0 Å². The predicted octanol–water partition coefficient (Wildman–Crippen LogP) is 11.8. The molecule has 2 atom stereocenters. The standard InChI is InChI=1S/C34H66N2/c1-5-8-10-12-14-16-17-18-19-20-22-24-26-29-33(28-25-23-21-15-13-11-9-6-2)34-35-30-31-36(34)32(4)27-7-3/h30-33H,5-29H2,1-4H3/p+1. The maximum absolute atomic E-state index is 3.68. The first-order chi connectivity index (χ1) is 17.7. The molecule has 2 nitrogen and oxygen atoms in total. The first-order valence-electron chi connectivity index (χ1n) is 16.8. The second-order valence-electron chi connectivity index (χ2n) is 11.9. The largest absolute Gasteiger partial charge is 0.257 e. The topological polar surface area (TPSA) is 19.7 Å². The summed E-state index contributed by atoms with van der Waals surface area (Å²) in [5.74, 6) is 2.23. The Kier molecular flexibility index (Phi) is 22.7. The number of aromatic amines is 1. The minimum absolute atomic E-state index is 0.615. The highest BCUT2D eigenvalue weighted by molar-refractivity contribution is 4.90. The first kappa shape index (κ1) is 33.2. The van der Waals surface area contributed by atoms with E-state index < -0.39 is 0 Å². The molecule has 36 heavy (non-hydrogen) atoms. The number of unbranched alkanes of at least 4 members (excludes halogenated alkanes) is 19. The summed E-state index contributed by atoms with van der Waals surface area (Å²) in [5.41, 5.74) is 0. The van der Waals surface area contributed by atoms with Crippen molar-refractivity contribution in [3.05, 3.63) is 18.2 Å². The van der Waals surface area contributed by atoms with Crippen molar-refractivity contribution < 1.29 is 4.57 Å². The summed E-state index contributed by atoms with van der Waals surface area (Å²) >= 11 is 0. The molecule has 1 aromatic rings. The molecule has 212 valence electrons. The second kappa shape index (κ2) is 24.5. The summed E-state index contributed by atoms with van der Waals surface area (Å²) in [6, 6.07) is 0.615. The third kappa shape index (κ3) is 16.9. The van der Waals surface area contributed by atoms with Gasteiger partial charge in [0, 0.05) is 0 Å². The van der Waals surface area contributed by atoms with Crippen LogP contribution in [0.25, 0.3) is 0 Å². The first-order valence-corrected chi connectivity index (χ1v) is 16.8. The normalized spacial score (nSPS) is 13.3. The molecule has 0 spiro atoms. The van der Waals surface area contributed by atoms with Crippen LogP contribution in [0.15, 0.2) is 12.4 Å². The molecule has 0 saturated heterocycles. The van der Waals surface area contributed by atoms with Gasteiger partial charge in [-0.2, -0.15) is 0 Å². The van der Waals surface area contributed by atoms with Crippen LogP contribution in [-0.4, -0.2) is 4.98 Å².